The van der Waals surface area contributed by atoms with Crippen LogP contribution in [-0.2, 0) is 11.2 Å². The molecular formula is C15H12FNO. The Kier molecular flexibility index (Phi) is 2.40. The molecule has 3 heteroatoms. The van der Waals surface area contributed by atoms with Crippen molar-refractivity contribution in [3.05, 3.63) is 53.3 Å². The Balaban J connectivity index is 2.08. The summed E-state index contributed by atoms with van der Waals surface area (Å²) in [7, 11) is 0. The number of benzene rings is 2. The number of halogens is 1. The average molecular weight is 241 g/mol. The predicted molar refractivity (Wildman–Crippen MR) is 68.9 cm³/mol. The highest BCUT2D eigenvalue weighted by Crippen LogP contribution is 2.38. The van der Waals surface area contributed by atoms with Crippen LogP contribution in [0.25, 0.3) is 11.1 Å². The largest absolute Gasteiger partial charge is 0.326 e. The molecule has 2 aromatic rings. The van der Waals surface area contributed by atoms with E-state index in [-0.39, 0.29) is 11.7 Å². The van der Waals surface area contributed by atoms with Crippen molar-refractivity contribution in [2.75, 3.05) is 5.32 Å². The van der Waals surface area contributed by atoms with E-state index in [1.165, 1.54) is 18.6 Å². The zero-order valence-corrected chi connectivity index (χ0v) is 9.96. The van der Waals surface area contributed by atoms with Gasteiger partial charge in [-0.05, 0) is 52.9 Å². The third kappa shape index (κ3) is 1.78. The van der Waals surface area contributed by atoms with Gasteiger partial charge in [-0.15, -0.1) is 0 Å². The van der Waals surface area contributed by atoms with Crippen molar-refractivity contribution in [1.82, 2.24) is 0 Å². The van der Waals surface area contributed by atoms with Crippen molar-refractivity contribution >= 4 is 11.6 Å². The summed E-state index contributed by atoms with van der Waals surface area (Å²) in [5, 5.41) is 2.76. The van der Waals surface area contributed by atoms with Gasteiger partial charge in [0.1, 0.15) is 5.82 Å². The van der Waals surface area contributed by atoms with Crippen molar-refractivity contribution in [1.29, 1.82) is 0 Å². The molecule has 0 atom stereocenters. The molecule has 0 unspecified atom stereocenters. The third-order valence-electron chi connectivity index (χ3n) is 3.17. The van der Waals surface area contributed by atoms with Crippen molar-refractivity contribution < 1.29 is 9.18 Å². The van der Waals surface area contributed by atoms with E-state index in [9.17, 15) is 9.18 Å². The van der Waals surface area contributed by atoms with Gasteiger partial charge in [-0.25, -0.2) is 4.39 Å². The topological polar surface area (TPSA) is 29.1 Å². The lowest BCUT2D eigenvalue weighted by Crippen LogP contribution is -2.05. The number of amides is 1. The summed E-state index contributed by atoms with van der Waals surface area (Å²) >= 11 is 0. The molecule has 0 aliphatic heterocycles. The molecule has 0 radical (unpaired) electrons. The summed E-state index contributed by atoms with van der Waals surface area (Å²) in [6, 6.07) is 10.7. The van der Waals surface area contributed by atoms with Gasteiger partial charge in [0.2, 0.25) is 5.91 Å². The fraction of sp³-hybridized carbons (Fsp3) is 0.133. The monoisotopic (exact) mass is 241 g/mol. The Morgan fingerprint density at radius 1 is 1.11 bits per heavy atom. The van der Waals surface area contributed by atoms with E-state index < -0.39 is 0 Å². The highest BCUT2D eigenvalue weighted by atomic mass is 19.1. The van der Waals surface area contributed by atoms with Gasteiger partial charge >= 0.3 is 0 Å². The van der Waals surface area contributed by atoms with Crippen molar-refractivity contribution in [2.24, 2.45) is 0 Å². The molecule has 0 fully saturated rings. The molecule has 2 nitrogen and oxygen atoms in total. The summed E-state index contributed by atoms with van der Waals surface area (Å²) in [6.45, 7) is 1.48. The van der Waals surface area contributed by atoms with E-state index in [1.54, 1.807) is 12.1 Å². The lowest BCUT2D eigenvalue weighted by molar-refractivity contribution is -0.114. The average Bonchev–Trinajstić information content (AvgIpc) is 2.65. The number of carbonyl (C=O) groups is 1. The van der Waals surface area contributed by atoms with Crippen LogP contribution in [-0.4, -0.2) is 5.91 Å². The zero-order valence-electron chi connectivity index (χ0n) is 9.96. The molecule has 1 N–H and O–H groups in total. The Morgan fingerprint density at radius 3 is 2.72 bits per heavy atom. The number of anilines is 1. The summed E-state index contributed by atoms with van der Waals surface area (Å²) < 4.78 is 13.2. The predicted octanol–water partition coefficient (Wildman–Crippen LogP) is 3.36. The SMILES string of the molecule is CC(=O)Nc1ccc2c(c1)-c1ccc(F)cc1C2. The van der Waals surface area contributed by atoms with Gasteiger partial charge < -0.3 is 5.32 Å². The molecule has 0 spiro atoms. The van der Waals surface area contributed by atoms with Crippen LogP contribution in [0.1, 0.15) is 18.1 Å². The highest BCUT2D eigenvalue weighted by molar-refractivity contribution is 5.90. The molecule has 2 aromatic carbocycles. The number of nitrogens with one attached hydrogen (secondary N) is 1. The first-order valence-electron chi connectivity index (χ1n) is 5.83. The maximum atomic E-state index is 13.2. The first-order chi connectivity index (χ1) is 8.63. The van der Waals surface area contributed by atoms with Crippen LogP contribution in [0.2, 0.25) is 0 Å². The molecule has 90 valence electrons. The molecule has 1 aliphatic carbocycles. The number of carbonyl (C=O) groups excluding carboxylic acids is 1. The maximum absolute atomic E-state index is 13.2. The maximum Gasteiger partial charge on any atom is 0.221 e. The van der Waals surface area contributed by atoms with Gasteiger partial charge in [0.25, 0.3) is 0 Å². The Hall–Kier alpha value is -2.16. The molecular weight excluding hydrogens is 229 g/mol. The molecule has 1 aliphatic rings. The van der Waals surface area contributed by atoms with Crippen LogP contribution >= 0.6 is 0 Å². The van der Waals surface area contributed by atoms with Crippen LogP contribution in [0, 0.1) is 5.82 Å². The van der Waals surface area contributed by atoms with E-state index in [1.807, 2.05) is 18.2 Å². The number of fused-ring (bicyclic) bond motifs is 3. The second-order valence-corrected chi connectivity index (χ2v) is 4.53. The zero-order chi connectivity index (χ0) is 12.7. The molecule has 0 saturated heterocycles. The second kappa shape index (κ2) is 3.95. The fourth-order valence-corrected chi connectivity index (χ4v) is 2.44. The molecule has 1 amide bonds. The normalized spacial score (nSPS) is 11.9. The standard InChI is InChI=1S/C15H12FNO/c1-9(18)17-13-4-2-10-6-11-7-12(16)3-5-14(11)15(10)8-13/h2-5,7-8H,6H2,1H3,(H,17,18). The molecule has 0 aromatic heterocycles. The van der Waals surface area contributed by atoms with Crippen LogP contribution < -0.4 is 5.32 Å². The van der Waals surface area contributed by atoms with Crippen molar-refractivity contribution in [2.45, 2.75) is 13.3 Å². The first kappa shape index (κ1) is 11.0. The van der Waals surface area contributed by atoms with Gasteiger partial charge in [-0.2, -0.15) is 0 Å². The summed E-state index contributed by atoms with van der Waals surface area (Å²) in [5.41, 5.74) is 5.09. The van der Waals surface area contributed by atoms with E-state index in [2.05, 4.69) is 5.32 Å². The van der Waals surface area contributed by atoms with Gasteiger partial charge in [-0.3, -0.25) is 4.79 Å². The molecule has 0 bridgehead atoms. The Bertz CT molecular complexity index is 649. The van der Waals surface area contributed by atoms with Crippen molar-refractivity contribution in [3.63, 3.8) is 0 Å². The van der Waals surface area contributed by atoms with Crippen LogP contribution in [0.3, 0.4) is 0 Å². The quantitative estimate of drug-likeness (QED) is 0.695. The number of hydrogen-bond acceptors (Lipinski definition) is 1. The smallest absolute Gasteiger partial charge is 0.221 e. The van der Waals surface area contributed by atoms with Crippen LogP contribution in [0.15, 0.2) is 36.4 Å². The lowest BCUT2D eigenvalue weighted by Gasteiger charge is -2.06. The van der Waals surface area contributed by atoms with Gasteiger partial charge in [0, 0.05) is 12.6 Å². The number of rotatable bonds is 1. The fourth-order valence-electron chi connectivity index (χ4n) is 2.44. The summed E-state index contributed by atoms with van der Waals surface area (Å²) in [4.78, 5) is 11.0. The van der Waals surface area contributed by atoms with E-state index >= 15 is 0 Å². The molecule has 3 rings (SSSR count). The molecule has 0 saturated carbocycles. The summed E-state index contributed by atoms with van der Waals surface area (Å²) in [6.07, 6.45) is 0.753. The highest BCUT2D eigenvalue weighted by Gasteiger charge is 2.19. The van der Waals surface area contributed by atoms with Gasteiger partial charge in [0.05, 0.1) is 0 Å². The van der Waals surface area contributed by atoms with Gasteiger partial charge in [0.15, 0.2) is 0 Å². The van der Waals surface area contributed by atoms with E-state index in [4.69, 9.17) is 0 Å². The minimum Gasteiger partial charge on any atom is -0.326 e. The first-order valence-corrected chi connectivity index (χ1v) is 5.83. The number of hydrogen-bond donors (Lipinski definition) is 1. The van der Waals surface area contributed by atoms with E-state index in [0.29, 0.717) is 0 Å². The van der Waals surface area contributed by atoms with E-state index in [0.717, 1.165) is 28.8 Å². The molecule has 18 heavy (non-hydrogen) atoms. The minimum atomic E-state index is -0.205. The van der Waals surface area contributed by atoms with Crippen LogP contribution in [0.5, 0.6) is 0 Å². The minimum absolute atomic E-state index is 0.0905. The van der Waals surface area contributed by atoms with Gasteiger partial charge in [-0.1, -0.05) is 12.1 Å². The third-order valence-corrected chi connectivity index (χ3v) is 3.17. The summed E-state index contributed by atoms with van der Waals surface area (Å²) in [5.74, 6) is -0.295. The van der Waals surface area contributed by atoms with Crippen molar-refractivity contribution in [3.8, 4) is 11.1 Å². The lowest BCUT2D eigenvalue weighted by atomic mass is 10.1. The molecule has 0 heterocycles. The Morgan fingerprint density at radius 2 is 1.94 bits per heavy atom. The second-order valence-electron chi connectivity index (χ2n) is 4.53. The Labute approximate surface area is 104 Å². The van der Waals surface area contributed by atoms with Crippen LogP contribution in [0.4, 0.5) is 10.1 Å².